The summed E-state index contributed by atoms with van der Waals surface area (Å²) >= 11 is 12.2. The Hall–Kier alpha value is -3.11. The molecule has 0 spiro atoms. The number of hydrogen-bond donors (Lipinski definition) is 4. The average molecular weight is 593 g/mol. The molecule has 3 aromatic carbocycles. The van der Waals surface area contributed by atoms with Gasteiger partial charge in [-0.1, -0.05) is 62.2 Å². The number of anilines is 1. The van der Waals surface area contributed by atoms with Crippen LogP contribution in [0.3, 0.4) is 0 Å². The van der Waals surface area contributed by atoms with Gasteiger partial charge in [0.1, 0.15) is 17.5 Å². The Morgan fingerprint density at radius 2 is 1.73 bits per heavy atom. The number of primary amides is 1. The number of nitrogens with one attached hydrogen (secondary N) is 2. The number of halogens is 5. The zero-order valence-electron chi connectivity index (χ0n) is 22.0. The topological polar surface area (TPSA) is 110 Å². The lowest BCUT2D eigenvalue weighted by Gasteiger charge is -2.40. The van der Waals surface area contributed by atoms with Crippen LogP contribution >= 0.6 is 23.2 Å². The fourth-order valence-electron chi connectivity index (χ4n) is 5.38. The molecule has 0 aliphatic carbocycles. The third-order valence-corrected chi connectivity index (χ3v) is 7.66. The van der Waals surface area contributed by atoms with E-state index in [4.69, 9.17) is 34.7 Å². The van der Waals surface area contributed by atoms with Gasteiger partial charge in [0.25, 0.3) is 0 Å². The summed E-state index contributed by atoms with van der Waals surface area (Å²) < 4.78 is 46.0. The standard InChI is InChI=1S/C29H29Cl2F3N4O2/c1-28(2,3)13-22-29(36,17-9-8-15(30)12-19(17)32)23(16-5-4-6-18(31)24(16)34)25(38-22)27(40)37-21-10-7-14(26(35)39)11-20(21)33/h4-12,22-23,25,38H,13,36H2,1-3H3,(H2,35,39)(H,37,40)/t22-,23-,25+,29+/m0/s1. The first-order valence-electron chi connectivity index (χ1n) is 12.5. The molecule has 6 N–H and O–H groups in total. The Labute approximate surface area is 240 Å². The molecule has 0 aromatic heterocycles. The van der Waals surface area contributed by atoms with Crippen LogP contribution in [0.1, 0.15) is 54.6 Å². The molecule has 1 aliphatic heterocycles. The minimum absolute atomic E-state index is 0.0158. The number of carbonyl (C=O) groups excluding carboxylic acids is 2. The molecule has 1 fully saturated rings. The Bertz CT molecular complexity index is 1480. The average Bonchev–Trinajstić information content (AvgIpc) is 3.13. The van der Waals surface area contributed by atoms with Gasteiger partial charge in [-0.2, -0.15) is 0 Å². The van der Waals surface area contributed by atoms with Gasteiger partial charge in [0.15, 0.2) is 0 Å². The fourth-order valence-corrected chi connectivity index (χ4v) is 5.72. The van der Waals surface area contributed by atoms with Crippen LogP contribution in [0.4, 0.5) is 18.9 Å². The van der Waals surface area contributed by atoms with Crippen molar-refractivity contribution in [2.45, 2.75) is 50.7 Å². The summed E-state index contributed by atoms with van der Waals surface area (Å²) in [4.78, 5) is 25.2. The van der Waals surface area contributed by atoms with Crippen molar-refractivity contribution in [2.75, 3.05) is 5.32 Å². The first kappa shape index (κ1) is 29.9. The van der Waals surface area contributed by atoms with E-state index in [-0.39, 0.29) is 37.8 Å². The van der Waals surface area contributed by atoms with Crippen LogP contribution in [0.5, 0.6) is 0 Å². The molecule has 11 heteroatoms. The number of rotatable bonds is 6. The largest absolute Gasteiger partial charge is 0.366 e. The lowest BCUT2D eigenvalue weighted by atomic mass is 9.68. The number of amides is 2. The molecule has 1 saturated heterocycles. The highest BCUT2D eigenvalue weighted by Gasteiger charge is 2.58. The number of nitrogens with two attached hydrogens (primary N) is 2. The highest BCUT2D eigenvalue weighted by atomic mass is 35.5. The molecule has 0 unspecified atom stereocenters. The number of carbonyl (C=O) groups is 2. The van der Waals surface area contributed by atoms with E-state index in [2.05, 4.69) is 10.6 Å². The monoisotopic (exact) mass is 592 g/mol. The molecule has 212 valence electrons. The van der Waals surface area contributed by atoms with Crippen LogP contribution in [-0.4, -0.2) is 23.9 Å². The summed E-state index contributed by atoms with van der Waals surface area (Å²) in [6.45, 7) is 5.85. The van der Waals surface area contributed by atoms with Crippen molar-refractivity contribution >= 4 is 40.7 Å². The molecule has 6 nitrogen and oxygen atoms in total. The van der Waals surface area contributed by atoms with Crippen molar-refractivity contribution in [3.63, 3.8) is 0 Å². The van der Waals surface area contributed by atoms with E-state index in [9.17, 15) is 14.0 Å². The molecule has 4 rings (SSSR count). The van der Waals surface area contributed by atoms with Gasteiger partial charge in [-0.05, 0) is 53.8 Å². The second-order valence-electron chi connectivity index (χ2n) is 11.2. The maximum atomic E-state index is 15.6. The zero-order valence-corrected chi connectivity index (χ0v) is 23.5. The molecule has 0 saturated carbocycles. The van der Waals surface area contributed by atoms with Crippen molar-refractivity contribution in [1.82, 2.24) is 5.32 Å². The zero-order chi connectivity index (χ0) is 29.6. The minimum Gasteiger partial charge on any atom is -0.366 e. The van der Waals surface area contributed by atoms with Crippen LogP contribution < -0.4 is 22.1 Å². The van der Waals surface area contributed by atoms with Gasteiger partial charge in [0, 0.05) is 28.1 Å². The van der Waals surface area contributed by atoms with Crippen molar-refractivity contribution < 1.29 is 22.8 Å². The number of hydrogen-bond acceptors (Lipinski definition) is 4. The highest BCUT2D eigenvalue weighted by Crippen LogP contribution is 2.50. The quantitative estimate of drug-likeness (QED) is 0.287. The highest BCUT2D eigenvalue weighted by molar-refractivity contribution is 6.31. The van der Waals surface area contributed by atoms with E-state index < -0.39 is 52.8 Å². The number of benzene rings is 3. The molecule has 4 atom stereocenters. The van der Waals surface area contributed by atoms with Crippen LogP contribution in [0, 0.1) is 22.9 Å². The molecule has 0 radical (unpaired) electrons. The first-order valence-corrected chi connectivity index (χ1v) is 13.2. The van der Waals surface area contributed by atoms with E-state index in [0.29, 0.717) is 6.42 Å². The van der Waals surface area contributed by atoms with Gasteiger partial charge >= 0.3 is 0 Å². The molecular formula is C29H29Cl2F3N4O2. The van der Waals surface area contributed by atoms with E-state index >= 15 is 8.78 Å². The van der Waals surface area contributed by atoms with Crippen molar-refractivity contribution in [2.24, 2.45) is 16.9 Å². The second-order valence-corrected chi connectivity index (χ2v) is 12.0. The fraction of sp³-hybridized carbons (Fsp3) is 0.310. The molecule has 1 heterocycles. The maximum Gasteiger partial charge on any atom is 0.248 e. The molecule has 40 heavy (non-hydrogen) atoms. The summed E-state index contributed by atoms with van der Waals surface area (Å²) in [6.07, 6.45) is 0.357. The molecule has 2 amide bonds. The maximum absolute atomic E-state index is 15.6. The van der Waals surface area contributed by atoms with E-state index in [1.165, 1.54) is 42.5 Å². The predicted octanol–water partition coefficient (Wildman–Crippen LogP) is 5.86. The second kappa shape index (κ2) is 11.0. The molecular weight excluding hydrogens is 564 g/mol. The lowest BCUT2D eigenvalue weighted by molar-refractivity contribution is -0.118. The van der Waals surface area contributed by atoms with Crippen LogP contribution in [0.2, 0.25) is 10.0 Å². The summed E-state index contributed by atoms with van der Waals surface area (Å²) in [5.74, 6) is -5.22. The molecule has 3 aromatic rings. The van der Waals surface area contributed by atoms with Crippen molar-refractivity contribution in [1.29, 1.82) is 0 Å². The van der Waals surface area contributed by atoms with Gasteiger partial charge in [-0.25, -0.2) is 13.2 Å². The smallest absolute Gasteiger partial charge is 0.248 e. The first-order chi connectivity index (χ1) is 18.6. The SMILES string of the molecule is CC(C)(C)C[C@@H]1N[C@@H](C(=O)Nc2ccc(C(N)=O)cc2F)[C@H](c2cccc(Cl)c2F)[C@@]1(N)c1ccc(Cl)cc1F. The van der Waals surface area contributed by atoms with Gasteiger partial charge < -0.3 is 22.1 Å². The normalized spacial score (nSPS) is 22.8. The third-order valence-electron chi connectivity index (χ3n) is 7.13. The van der Waals surface area contributed by atoms with E-state index in [1.54, 1.807) is 0 Å². The minimum atomic E-state index is -1.68. The summed E-state index contributed by atoms with van der Waals surface area (Å²) in [5, 5.41) is 5.63. The van der Waals surface area contributed by atoms with Crippen LogP contribution in [-0.2, 0) is 10.3 Å². The Morgan fingerprint density at radius 3 is 2.33 bits per heavy atom. The Kier molecular flexibility index (Phi) is 8.25. The predicted molar refractivity (Wildman–Crippen MR) is 150 cm³/mol. The Balaban J connectivity index is 1.89. The van der Waals surface area contributed by atoms with Gasteiger partial charge in [0.05, 0.1) is 22.3 Å². The van der Waals surface area contributed by atoms with Crippen LogP contribution in [0.15, 0.2) is 54.6 Å². The molecule has 1 aliphatic rings. The Morgan fingerprint density at radius 1 is 1.02 bits per heavy atom. The van der Waals surface area contributed by atoms with Gasteiger partial charge in [0.2, 0.25) is 11.8 Å². The summed E-state index contributed by atoms with van der Waals surface area (Å²) in [6, 6.07) is 9.64. The summed E-state index contributed by atoms with van der Waals surface area (Å²) in [7, 11) is 0. The lowest BCUT2D eigenvalue weighted by Crippen LogP contribution is -2.52. The summed E-state index contributed by atoms with van der Waals surface area (Å²) in [5.41, 5.74) is 9.99. The van der Waals surface area contributed by atoms with Crippen LogP contribution in [0.25, 0.3) is 0 Å². The van der Waals surface area contributed by atoms with Crippen molar-refractivity contribution in [3.05, 3.63) is 98.8 Å². The van der Waals surface area contributed by atoms with Gasteiger partial charge in [-0.3, -0.25) is 9.59 Å². The molecule has 0 bridgehead atoms. The van der Waals surface area contributed by atoms with Gasteiger partial charge in [-0.15, -0.1) is 0 Å². The van der Waals surface area contributed by atoms with E-state index in [0.717, 1.165) is 12.1 Å². The third kappa shape index (κ3) is 5.69. The van der Waals surface area contributed by atoms with Crippen molar-refractivity contribution in [3.8, 4) is 0 Å². The van der Waals surface area contributed by atoms with E-state index in [1.807, 2.05) is 20.8 Å².